The van der Waals surface area contributed by atoms with E-state index in [-0.39, 0.29) is 23.9 Å². The lowest BCUT2D eigenvalue weighted by atomic mass is 9.83. The Morgan fingerprint density at radius 2 is 2.16 bits per heavy atom. The fourth-order valence-corrected chi connectivity index (χ4v) is 3.87. The zero-order chi connectivity index (χ0) is 21.8. The fourth-order valence-electron chi connectivity index (χ4n) is 3.87. The summed E-state index contributed by atoms with van der Waals surface area (Å²) in [6.07, 6.45) is 5.49. The van der Waals surface area contributed by atoms with Crippen molar-refractivity contribution in [2.24, 2.45) is 5.92 Å². The van der Waals surface area contributed by atoms with Crippen molar-refractivity contribution in [2.45, 2.75) is 45.4 Å². The molecule has 1 aromatic carbocycles. The maximum Gasteiger partial charge on any atom is 0.226 e. The first-order valence-corrected chi connectivity index (χ1v) is 10.5. The van der Waals surface area contributed by atoms with Crippen LogP contribution in [0.1, 0.15) is 32.3 Å². The Hall–Kier alpha value is -3.00. The monoisotopic (exact) mass is 426 g/mol. The van der Waals surface area contributed by atoms with Crippen LogP contribution in [-0.4, -0.2) is 45.8 Å². The average molecular weight is 426 g/mol. The van der Waals surface area contributed by atoms with E-state index in [2.05, 4.69) is 15.3 Å². The molecular formula is C23H27FN4O3. The molecule has 1 aliphatic rings. The van der Waals surface area contributed by atoms with Crippen molar-refractivity contribution >= 4 is 16.9 Å². The van der Waals surface area contributed by atoms with Gasteiger partial charge >= 0.3 is 0 Å². The highest BCUT2D eigenvalue weighted by Crippen LogP contribution is 2.31. The molecule has 0 bridgehead atoms. The lowest BCUT2D eigenvalue weighted by Gasteiger charge is -2.35. The van der Waals surface area contributed by atoms with E-state index in [0.29, 0.717) is 31.6 Å². The summed E-state index contributed by atoms with van der Waals surface area (Å²) < 4.78 is 27.3. The number of benzene rings is 1. The highest BCUT2D eigenvalue weighted by Gasteiger charge is 2.31. The van der Waals surface area contributed by atoms with Crippen molar-refractivity contribution in [3.05, 3.63) is 54.2 Å². The molecule has 1 fully saturated rings. The van der Waals surface area contributed by atoms with Gasteiger partial charge in [0, 0.05) is 25.7 Å². The molecule has 1 aliphatic carbocycles. The molecule has 0 radical (unpaired) electrons. The maximum atomic E-state index is 13.5. The third kappa shape index (κ3) is 5.38. The fraction of sp³-hybridized carbons (Fsp3) is 0.435. The standard InChI is InChI=1S/C23H27FN4O3/c1-15(27-16(2)29)12-30-20-9-18(10-20)13-31-23-21-6-7-28(22(21)25-14-26-23)11-17-4-3-5-19(24)8-17/h3-8,14-15,18,20H,9-13H2,1-2H3,(H,27,29)/t15-,18-,20-/m0/s1. The van der Waals surface area contributed by atoms with Gasteiger partial charge in [0.2, 0.25) is 11.8 Å². The Balaban J connectivity index is 1.29. The van der Waals surface area contributed by atoms with E-state index in [1.807, 2.05) is 29.8 Å². The molecule has 1 saturated carbocycles. The molecule has 31 heavy (non-hydrogen) atoms. The van der Waals surface area contributed by atoms with Gasteiger partial charge in [-0.05, 0) is 49.4 Å². The number of halogens is 1. The van der Waals surface area contributed by atoms with Gasteiger partial charge in [0.15, 0.2) is 0 Å². The van der Waals surface area contributed by atoms with Gasteiger partial charge < -0.3 is 19.4 Å². The van der Waals surface area contributed by atoms with Crippen LogP contribution < -0.4 is 10.1 Å². The van der Waals surface area contributed by atoms with Crippen LogP contribution in [0.4, 0.5) is 4.39 Å². The number of hydrogen-bond donors (Lipinski definition) is 1. The van der Waals surface area contributed by atoms with E-state index < -0.39 is 0 Å². The summed E-state index contributed by atoms with van der Waals surface area (Å²) in [7, 11) is 0. The normalized spacial score (nSPS) is 19.1. The number of aromatic nitrogens is 3. The SMILES string of the molecule is CC(=O)N[C@@H](C)CO[C@H]1C[C@H](COc2ncnc3c2ccn3Cc2cccc(F)c2)C1. The first-order valence-electron chi connectivity index (χ1n) is 10.5. The zero-order valence-electron chi connectivity index (χ0n) is 17.8. The zero-order valence-corrected chi connectivity index (χ0v) is 17.8. The van der Waals surface area contributed by atoms with E-state index in [4.69, 9.17) is 9.47 Å². The Morgan fingerprint density at radius 1 is 1.32 bits per heavy atom. The van der Waals surface area contributed by atoms with Crippen molar-refractivity contribution in [3.8, 4) is 5.88 Å². The first kappa shape index (κ1) is 21.2. The van der Waals surface area contributed by atoms with Crippen molar-refractivity contribution < 1.29 is 18.7 Å². The largest absolute Gasteiger partial charge is 0.477 e. The van der Waals surface area contributed by atoms with E-state index in [9.17, 15) is 9.18 Å². The second-order valence-electron chi connectivity index (χ2n) is 8.20. The minimum Gasteiger partial charge on any atom is -0.477 e. The van der Waals surface area contributed by atoms with Crippen LogP contribution in [0.5, 0.6) is 5.88 Å². The van der Waals surface area contributed by atoms with Crippen molar-refractivity contribution in [2.75, 3.05) is 13.2 Å². The highest BCUT2D eigenvalue weighted by atomic mass is 19.1. The summed E-state index contributed by atoms with van der Waals surface area (Å²) >= 11 is 0. The lowest BCUT2D eigenvalue weighted by molar-refractivity contribution is -0.120. The van der Waals surface area contributed by atoms with E-state index >= 15 is 0 Å². The topological polar surface area (TPSA) is 78.3 Å². The maximum absolute atomic E-state index is 13.5. The molecule has 2 aromatic heterocycles. The predicted molar refractivity (Wildman–Crippen MR) is 114 cm³/mol. The van der Waals surface area contributed by atoms with E-state index in [1.54, 1.807) is 6.07 Å². The molecule has 0 aliphatic heterocycles. The minimum absolute atomic E-state index is 0.0125. The van der Waals surface area contributed by atoms with Crippen LogP contribution in [0.3, 0.4) is 0 Å². The molecule has 8 heteroatoms. The first-order chi connectivity index (χ1) is 15.0. The number of amides is 1. The number of carbonyl (C=O) groups is 1. The molecule has 1 atom stereocenters. The molecular weight excluding hydrogens is 399 g/mol. The number of hydrogen-bond acceptors (Lipinski definition) is 5. The van der Waals surface area contributed by atoms with Gasteiger partial charge in [-0.25, -0.2) is 14.4 Å². The summed E-state index contributed by atoms with van der Waals surface area (Å²) in [4.78, 5) is 19.7. The summed E-state index contributed by atoms with van der Waals surface area (Å²) in [6, 6.07) is 8.50. The van der Waals surface area contributed by atoms with Gasteiger partial charge in [-0.15, -0.1) is 0 Å². The molecule has 1 amide bonds. The van der Waals surface area contributed by atoms with Gasteiger partial charge in [0.05, 0.1) is 24.7 Å². The molecule has 0 spiro atoms. The second-order valence-corrected chi connectivity index (χ2v) is 8.20. The lowest BCUT2D eigenvalue weighted by Crippen LogP contribution is -2.40. The molecule has 3 aromatic rings. The number of carbonyl (C=O) groups excluding carboxylic acids is 1. The van der Waals surface area contributed by atoms with Crippen LogP contribution in [0.15, 0.2) is 42.9 Å². The van der Waals surface area contributed by atoms with Crippen molar-refractivity contribution in [1.82, 2.24) is 19.9 Å². The Morgan fingerprint density at radius 3 is 2.94 bits per heavy atom. The number of nitrogens with one attached hydrogen (secondary N) is 1. The summed E-state index contributed by atoms with van der Waals surface area (Å²) in [6.45, 7) is 5.05. The molecule has 0 unspecified atom stereocenters. The van der Waals surface area contributed by atoms with E-state index in [1.165, 1.54) is 25.4 Å². The van der Waals surface area contributed by atoms with Crippen LogP contribution >= 0.6 is 0 Å². The summed E-state index contributed by atoms with van der Waals surface area (Å²) in [5.41, 5.74) is 1.63. The highest BCUT2D eigenvalue weighted by molar-refractivity contribution is 5.81. The molecule has 4 rings (SSSR count). The van der Waals surface area contributed by atoms with Gasteiger partial charge in [-0.3, -0.25) is 4.79 Å². The number of nitrogens with zero attached hydrogens (tertiary/aromatic N) is 3. The van der Waals surface area contributed by atoms with E-state index in [0.717, 1.165) is 29.4 Å². The van der Waals surface area contributed by atoms with Gasteiger partial charge in [-0.1, -0.05) is 12.1 Å². The Kier molecular flexibility index (Phi) is 6.46. The van der Waals surface area contributed by atoms with Crippen molar-refractivity contribution in [3.63, 3.8) is 0 Å². The number of rotatable bonds is 9. The number of fused-ring (bicyclic) bond motifs is 1. The number of ether oxygens (including phenoxy) is 2. The third-order valence-electron chi connectivity index (χ3n) is 5.44. The van der Waals surface area contributed by atoms with Crippen LogP contribution in [0.2, 0.25) is 0 Å². The van der Waals surface area contributed by atoms with Gasteiger partial charge in [0.25, 0.3) is 0 Å². The van der Waals surface area contributed by atoms with Gasteiger partial charge in [-0.2, -0.15) is 0 Å². The summed E-state index contributed by atoms with van der Waals surface area (Å²) in [5.74, 6) is 0.684. The van der Waals surface area contributed by atoms with Gasteiger partial charge in [0.1, 0.15) is 17.8 Å². The smallest absolute Gasteiger partial charge is 0.226 e. The second kappa shape index (κ2) is 9.43. The average Bonchev–Trinajstić information content (AvgIpc) is 3.09. The molecule has 2 heterocycles. The Labute approximate surface area is 180 Å². The molecule has 164 valence electrons. The predicted octanol–water partition coefficient (Wildman–Crippen LogP) is 3.32. The van der Waals surface area contributed by atoms with Crippen LogP contribution in [0.25, 0.3) is 11.0 Å². The summed E-state index contributed by atoms with van der Waals surface area (Å²) in [5, 5.41) is 3.66. The van der Waals surface area contributed by atoms with Crippen molar-refractivity contribution in [1.29, 1.82) is 0 Å². The van der Waals surface area contributed by atoms with Crippen LogP contribution in [0, 0.1) is 11.7 Å². The molecule has 0 saturated heterocycles. The van der Waals surface area contributed by atoms with Crippen LogP contribution in [-0.2, 0) is 16.1 Å². The minimum atomic E-state index is -0.250. The molecule has 7 nitrogen and oxygen atoms in total. The molecule has 1 N–H and O–H groups in total. The third-order valence-corrected chi connectivity index (χ3v) is 5.44. The quantitative estimate of drug-likeness (QED) is 0.568. The Bertz CT molecular complexity index is 1050.